The lowest BCUT2D eigenvalue weighted by molar-refractivity contribution is 0.344. The van der Waals surface area contributed by atoms with Crippen molar-refractivity contribution in [3.05, 3.63) is 0 Å². The monoisotopic (exact) mass is 244 g/mol. The highest BCUT2D eigenvalue weighted by Gasteiger charge is 2.41. The van der Waals surface area contributed by atoms with Gasteiger partial charge in [-0.25, -0.2) is 0 Å². The summed E-state index contributed by atoms with van der Waals surface area (Å²) in [6.45, 7) is 17.0. The quantitative estimate of drug-likeness (QED) is 0.768. The van der Waals surface area contributed by atoms with E-state index in [9.17, 15) is 0 Å². The summed E-state index contributed by atoms with van der Waals surface area (Å²) >= 11 is 0. The van der Waals surface area contributed by atoms with Crippen molar-refractivity contribution in [3.8, 4) is 0 Å². The third kappa shape index (κ3) is 3.41. The van der Waals surface area contributed by atoms with Crippen molar-refractivity contribution < 1.29 is 0 Å². The van der Waals surface area contributed by atoms with Gasteiger partial charge < -0.3 is 9.21 Å². The van der Waals surface area contributed by atoms with Crippen LogP contribution in [0.25, 0.3) is 0 Å². The standard InChI is InChI=1S/C11H28N2Si2/c1-10-8-9-11(2)13(10)15(6,7)12-14(3,4)5/h10-12H,8-9H2,1-7H3. The molecule has 1 saturated heterocycles. The molecule has 90 valence electrons. The number of hydrogen-bond acceptors (Lipinski definition) is 2. The van der Waals surface area contributed by atoms with Gasteiger partial charge in [0, 0.05) is 12.1 Å². The van der Waals surface area contributed by atoms with Crippen molar-refractivity contribution in [1.82, 2.24) is 9.21 Å². The maximum Gasteiger partial charge on any atom is 0.191 e. The molecule has 1 aliphatic heterocycles. The molecule has 0 spiro atoms. The van der Waals surface area contributed by atoms with E-state index in [-0.39, 0.29) is 0 Å². The van der Waals surface area contributed by atoms with Crippen LogP contribution in [-0.4, -0.2) is 33.3 Å². The molecular formula is C11H28N2Si2. The Bertz CT molecular complexity index is 213. The Balaban J connectivity index is 2.75. The first-order chi connectivity index (χ1) is 6.63. The summed E-state index contributed by atoms with van der Waals surface area (Å²) in [5, 5.41) is 0. The third-order valence-corrected chi connectivity index (χ3v) is 10.9. The first-order valence-corrected chi connectivity index (χ1v) is 12.7. The van der Waals surface area contributed by atoms with Gasteiger partial charge in [0.2, 0.25) is 0 Å². The van der Waals surface area contributed by atoms with Crippen LogP contribution in [0.5, 0.6) is 0 Å². The minimum absolute atomic E-state index is 0.783. The van der Waals surface area contributed by atoms with Crippen LogP contribution in [0.1, 0.15) is 26.7 Å². The van der Waals surface area contributed by atoms with Gasteiger partial charge in [0.1, 0.15) is 8.24 Å². The van der Waals surface area contributed by atoms with E-state index in [0.717, 1.165) is 12.1 Å². The van der Waals surface area contributed by atoms with Gasteiger partial charge in [-0.3, -0.25) is 0 Å². The lowest BCUT2D eigenvalue weighted by Gasteiger charge is -2.44. The first-order valence-electron chi connectivity index (χ1n) is 6.21. The van der Waals surface area contributed by atoms with Crippen molar-refractivity contribution >= 4 is 16.6 Å². The zero-order valence-electron chi connectivity index (χ0n) is 11.5. The van der Waals surface area contributed by atoms with E-state index in [1.165, 1.54) is 12.8 Å². The largest absolute Gasteiger partial charge is 0.348 e. The van der Waals surface area contributed by atoms with Gasteiger partial charge in [-0.2, -0.15) is 0 Å². The van der Waals surface area contributed by atoms with Crippen LogP contribution in [0.3, 0.4) is 0 Å². The fourth-order valence-corrected chi connectivity index (χ4v) is 13.6. The molecule has 0 aromatic rings. The van der Waals surface area contributed by atoms with Gasteiger partial charge in [-0.15, -0.1) is 0 Å². The van der Waals surface area contributed by atoms with Crippen molar-refractivity contribution in [2.75, 3.05) is 0 Å². The summed E-state index contributed by atoms with van der Waals surface area (Å²) in [5.74, 6) is 0. The third-order valence-electron chi connectivity index (χ3n) is 3.28. The van der Waals surface area contributed by atoms with Crippen LogP contribution in [0.4, 0.5) is 0 Å². The molecule has 0 saturated carbocycles. The summed E-state index contributed by atoms with van der Waals surface area (Å²) in [4.78, 5) is 0. The second kappa shape index (κ2) is 4.32. The smallest absolute Gasteiger partial charge is 0.191 e. The number of hydrogen-bond donors (Lipinski definition) is 1. The second-order valence-electron chi connectivity index (χ2n) is 6.62. The lowest BCUT2D eigenvalue weighted by Crippen LogP contribution is -2.68. The van der Waals surface area contributed by atoms with E-state index in [4.69, 9.17) is 0 Å². The molecule has 15 heavy (non-hydrogen) atoms. The van der Waals surface area contributed by atoms with Crippen molar-refractivity contribution in [2.24, 2.45) is 0 Å². The average Bonchev–Trinajstić information content (AvgIpc) is 2.25. The summed E-state index contributed by atoms with van der Waals surface area (Å²) in [6, 6.07) is 1.57. The average molecular weight is 245 g/mol. The van der Waals surface area contributed by atoms with E-state index >= 15 is 0 Å². The van der Waals surface area contributed by atoms with E-state index in [2.05, 4.69) is 55.8 Å². The molecule has 0 aromatic heterocycles. The fourth-order valence-electron chi connectivity index (χ4n) is 3.28. The van der Waals surface area contributed by atoms with Crippen LogP contribution >= 0.6 is 0 Å². The second-order valence-corrected chi connectivity index (χ2v) is 15.8. The van der Waals surface area contributed by atoms with E-state index in [0.29, 0.717) is 0 Å². The SMILES string of the molecule is CC1CCC(C)N1[Si](C)(C)N[Si](C)(C)C. The summed E-state index contributed by atoms with van der Waals surface area (Å²) in [5.41, 5.74) is 0. The van der Waals surface area contributed by atoms with E-state index in [1.807, 2.05) is 0 Å². The zero-order valence-corrected chi connectivity index (χ0v) is 13.5. The normalized spacial score (nSPS) is 29.8. The Hall–Kier alpha value is 0.354. The first kappa shape index (κ1) is 13.4. The Morgan fingerprint density at radius 2 is 1.33 bits per heavy atom. The molecule has 0 amide bonds. The molecule has 4 heteroatoms. The predicted molar refractivity (Wildman–Crippen MR) is 74.0 cm³/mol. The molecule has 1 aliphatic rings. The van der Waals surface area contributed by atoms with Crippen LogP contribution < -0.4 is 4.65 Å². The highest BCUT2D eigenvalue weighted by Crippen LogP contribution is 2.28. The van der Waals surface area contributed by atoms with Gasteiger partial charge in [0.25, 0.3) is 0 Å². The molecule has 1 heterocycles. The maximum absolute atomic E-state index is 4.00. The maximum atomic E-state index is 4.00. The molecule has 1 fully saturated rings. The molecule has 0 aromatic carbocycles. The molecule has 0 radical (unpaired) electrons. The van der Waals surface area contributed by atoms with Crippen molar-refractivity contribution in [2.45, 2.75) is 71.5 Å². The number of rotatable bonds is 3. The molecule has 0 aliphatic carbocycles. The van der Waals surface area contributed by atoms with Crippen LogP contribution in [-0.2, 0) is 0 Å². The Morgan fingerprint density at radius 3 is 1.67 bits per heavy atom. The summed E-state index contributed by atoms with van der Waals surface area (Å²) in [7, 11) is -2.54. The van der Waals surface area contributed by atoms with Crippen molar-refractivity contribution in [3.63, 3.8) is 0 Å². The predicted octanol–water partition coefficient (Wildman–Crippen LogP) is 2.99. The Kier molecular flexibility index (Phi) is 3.86. The van der Waals surface area contributed by atoms with Crippen LogP contribution in [0, 0.1) is 0 Å². The van der Waals surface area contributed by atoms with E-state index < -0.39 is 16.6 Å². The van der Waals surface area contributed by atoms with Crippen molar-refractivity contribution in [1.29, 1.82) is 0 Å². The highest BCUT2D eigenvalue weighted by molar-refractivity contribution is 6.89. The van der Waals surface area contributed by atoms with Crippen LogP contribution in [0.15, 0.2) is 0 Å². The summed E-state index contributed by atoms with van der Waals surface area (Å²) < 4.78 is 6.80. The van der Waals surface area contributed by atoms with Crippen LogP contribution in [0.2, 0.25) is 32.7 Å². The number of nitrogens with zero attached hydrogens (tertiary/aromatic N) is 1. The highest BCUT2D eigenvalue weighted by atomic mass is 28.4. The zero-order chi connectivity index (χ0) is 11.9. The van der Waals surface area contributed by atoms with Gasteiger partial charge in [-0.1, -0.05) is 33.5 Å². The fraction of sp³-hybridized carbons (Fsp3) is 1.00. The van der Waals surface area contributed by atoms with Gasteiger partial charge >= 0.3 is 0 Å². The molecule has 1 N–H and O–H groups in total. The minimum Gasteiger partial charge on any atom is -0.348 e. The molecule has 2 atom stereocenters. The molecule has 2 nitrogen and oxygen atoms in total. The Morgan fingerprint density at radius 1 is 0.933 bits per heavy atom. The molecular weight excluding hydrogens is 216 g/mol. The minimum atomic E-state index is -1.39. The van der Waals surface area contributed by atoms with Gasteiger partial charge in [0.05, 0.1) is 0 Å². The van der Waals surface area contributed by atoms with E-state index in [1.54, 1.807) is 0 Å². The molecule has 1 rings (SSSR count). The molecule has 2 unspecified atom stereocenters. The topological polar surface area (TPSA) is 15.3 Å². The van der Waals surface area contributed by atoms with Gasteiger partial charge in [0.15, 0.2) is 8.40 Å². The van der Waals surface area contributed by atoms with Gasteiger partial charge in [-0.05, 0) is 25.9 Å². The number of nitrogens with one attached hydrogen (secondary N) is 1. The summed E-state index contributed by atoms with van der Waals surface area (Å²) in [6.07, 6.45) is 2.76. The Labute approximate surface area is 97.7 Å². The molecule has 0 bridgehead atoms. The lowest BCUT2D eigenvalue weighted by atomic mass is 10.2.